The Morgan fingerprint density at radius 2 is 1.87 bits per heavy atom. The molecule has 0 bridgehead atoms. The van der Waals surface area contributed by atoms with E-state index < -0.39 is 4.92 Å². The Balaban J connectivity index is 1.88. The number of nitrogens with zero attached hydrogens (tertiary/aromatic N) is 1. The molecule has 0 saturated carbocycles. The third-order valence-corrected chi connectivity index (χ3v) is 3.56. The molecule has 2 N–H and O–H groups in total. The quantitative estimate of drug-likeness (QED) is 0.629. The van der Waals surface area contributed by atoms with Crippen LogP contribution >= 0.6 is 0 Å². The van der Waals surface area contributed by atoms with E-state index >= 15 is 0 Å². The van der Waals surface area contributed by atoms with Crippen molar-refractivity contribution < 1.29 is 9.72 Å². The number of nitro groups is 1. The molecule has 0 aliphatic heterocycles. The number of nitrogens with one attached hydrogen (secondary N) is 2. The Hall–Kier alpha value is -2.89. The van der Waals surface area contributed by atoms with Gasteiger partial charge in [-0.2, -0.15) is 0 Å². The van der Waals surface area contributed by atoms with Crippen molar-refractivity contribution in [3.63, 3.8) is 0 Å². The van der Waals surface area contributed by atoms with Crippen molar-refractivity contribution in [2.75, 3.05) is 17.2 Å². The molecule has 2 aromatic carbocycles. The second kappa shape index (κ2) is 7.40. The molecular weight excluding hydrogens is 294 g/mol. The lowest BCUT2D eigenvalue weighted by atomic mass is 10.1. The number of anilines is 2. The molecule has 2 rings (SSSR count). The van der Waals surface area contributed by atoms with Gasteiger partial charge in [-0.25, -0.2) is 0 Å². The lowest BCUT2D eigenvalue weighted by Gasteiger charge is -2.09. The van der Waals surface area contributed by atoms with Gasteiger partial charge in [0.05, 0.1) is 4.92 Å². The monoisotopic (exact) mass is 313 g/mol. The average Bonchev–Trinajstić information content (AvgIpc) is 2.51. The maximum absolute atomic E-state index is 11.9. The zero-order chi connectivity index (χ0) is 16.8. The van der Waals surface area contributed by atoms with E-state index in [1.807, 2.05) is 32.0 Å². The normalized spacial score (nSPS) is 10.2. The SMILES string of the molecule is Cc1ccc(NC(=O)CCNc2ccccc2[N+](=O)[O-])cc1C. The summed E-state index contributed by atoms with van der Waals surface area (Å²) in [6.45, 7) is 4.32. The number of aryl methyl sites for hydroxylation is 2. The number of para-hydroxylation sites is 2. The highest BCUT2D eigenvalue weighted by molar-refractivity contribution is 5.91. The number of carbonyl (C=O) groups excluding carboxylic acids is 1. The first kappa shape index (κ1) is 16.5. The van der Waals surface area contributed by atoms with E-state index in [0.717, 1.165) is 11.3 Å². The molecule has 0 aliphatic rings. The third-order valence-electron chi connectivity index (χ3n) is 3.56. The fourth-order valence-electron chi connectivity index (χ4n) is 2.14. The van der Waals surface area contributed by atoms with E-state index in [4.69, 9.17) is 0 Å². The van der Waals surface area contributed by atoms with Gasteiger partial charge in [-0.1, -0.05) is 18.2 Å². The molecule has 6 heteroatoms. The average molecular weight is 313 g/mol. The molecule has 0 fully saturated rings. The van der Waals surface area contributed by atoms with Gasteiger partial charge in [0.25, 0.3) is 5.69 Å². The molecule has 1 amide bonds. The van der Waals surface area contributed by atoms with Gasteiger partial charge in [0.2, 0.25) is 5.91 Å². The summed E-state index contributed by atoms with van der Waals surface area (Å²) in [7, 11) is 0. The van der Waals surface area contributed by atoms with Crippen LogP contribution in [0.3, 0.4) is 0 Å². The third kappa shape index (κ3) is 4.54. The molecule has 23 heavy (non-hydrogen) atoms. The maximum Gasteiger partial charge on any atom is 0.292 e. The summed E-state index contributed by atoms with van der Waals surface area (Å²) in [5, 5.41) is 16.7. The van der Waals surface area contributed by atoms with Crippen molar-refractivity contribution in [2.24, 2.45) is 0 Å². The van der Waals surface area contributed by atoms with Crippen LogP contribution in [0.2, 0.25) is 0 Å². The molecule has 0 atom stereocenters. The molecule has 0 radical (unpaired) electrons. The number of benzene rings is 2. The Bertz CT molecular complexity index is 729. The number of rotatable bonds is 6. The van der Waals surface area contributed by atoms with Crippen LogP contribution in [0.4, 0.5) is 17.1 Å². The van der Waals surface area contributed by atoms with Gasteiger partial charge in [0.15, 0.2) is 0 Å². The van der Waals surface area contributed by atoms with Crippen molar-refractivity contribution in [3.8, 4) is 0 Å². The molecule has 0 aliphatic carbocycles. The lowest BCUT2D eigenvalue weighted by Crippen LogP contribution is -2.16. The van der Waals surface area contributed by atoms with Crippen molar-refractivity contribution >= 4 is 23.0 Å². The highest BCUT2D eigenvalue weighted by atomic mass is 16.6. The summed E-state index contributed by atoms with van der Waals surface area (Å²) < 4.78 is 0. The summed E-state index contributed by atoms with van der Waals surface area (Å²) >= 11 is 0. The minimum atomic E-state index is -0.447. The molecular formula is C17H19N3O3. The van der Waals surface area contributed by atoms with Gasteiger partial charge in [-0.3, -0.25) is 14.9 Å². The minimum Gasteiger partial charge on any atom is -0.379 e. The van der Waals surface area contributed by atoms with Gasteiger partial charge in [-0.05, 0) is 43.2 Å². The van der Waals surface area contributed by atoms with E-state index in [1.54, 1.807) is 18.2 Å². The summed E-state index contributed by atoms with van der Waals surface area (Å²) in [6, 6.07) is 12.1. The standard InChI is InChI=1S/C17H19N3O3/c1-12-7-8-14(11-13(12)2)19-17(21)9-10-18-15-5-3-4-6-16(15)20(22)23/h3-8,11,18H,9-10H2,1-2H3,(H,19,21). The van der Waals surface area contributed by atoms with Gasteiger partial charge in [-0.15, -0.1) is 0 Å². The molecule has 0 spiro atoms. The highest BCUT2D eigenvalue weighted by Crippen LogP contribution is 2.23. The van der Waals surface area contributed by atoms with Gasteiger partial charge >= 0.3 is 0 Å². The van der Waals surface area contributed by atoms with Crippen LogP contribution in [0.15, 0.2) is 42.5 Å². The molecule has 0 unspecified atom stereocenters. The fourth-order valence-corrected chi connectivity index (χ4v) is 2.14. The number of hydrogen-bond donors (Lipinski definition) is 2. The predicted octanol–water partition coefficient (Wildman–Crippen LogP) is 3.65. The Kier molecular flexibility index (Phi) is 5.30. The highest BCUT2D eigenvalue weighted by Gasteiger charge is 2.12. The first-order valence-electron chi connectivity index (χ1n) is 7.32. The molecule has 6 nitrogen and oxygen atoms in total. The van der Waals surface area contributed by atoms with Gasteiger partial charge < -0.3 is 10.6 Å². The molecule has 0 heterocycles. The van der Waals surface area contributed by atoms with Crippen molar-refractivity contribution in [1.82, 2.24) is 0 Å². The maximum atomic E-state index is 11.9. The first-order chi connectivity index (χ1) is 11.0. The Labute approximate surface area is 134 Å². The number of nitro benzene ring substituents is 1. The molecule has 0 saturated heterocycles. The van der Waals surface area contributed by atoms with E-state index in [0.29, 0.717) is 12.2 Å². The van der Waals surface area contributed by atoms with Crippen LogP contribution in [0.1, 0.15) is 17.5 Å². The van der Waals surface area contributed by atoms with E-state index in [1.165, 1.54) is 11.6 Å². The number of hydrogen-bond acceptors (Lipinski definition) is 4. The second-order valence-corrected chi connectivity index (χ2v) is 5.30. The lowest BCUT2D eigenvalue weighted by molar-refractivity contribution is -0.384. The van der Waals surface area contributed by atoms with Crippen LogP contribution in [-0.4, -0.2) is 17.4 Å². The minimum absolute atomic E-state index is 0.00191. The topological polar surface area (TPSA) is 84.3 Å². The van der Waals surface area contributed by atoms with E-state index in [2.05, 4.69) is 10.6 Å². The molecule has 2 aromatic rings. The number of amides is 1. The fraction of sp³-hybridized carbons (Fsp3) is 0.235. The van der Waals surface area contributed by atoms with Crippen LogP contribution in [-0.2, 0) is 4.79 Å². The van der Waals surface area contributed by atoms with Crippen molar-refractivity contribution in [1.29, 1.82) is 0 Å². The van der Waals surface area contributed by atoms with Crippen LogP contribution in [0, 0.1) is 24.0 Å². The zero-order valence-corrected chi connectivity index (χ0v) is 13.1. The van der Waals surface area contributed by atoms with E-state index in [-0.39, 0.29) is 18.0 Å². The van der Waals surface area contributed by atoms with E-state index in [9.17, 15) is 14.9 Å². The van der Waals surface area contributed by atoms with Crippen LogP contribution in [0.5, 0.6) is 0 Å². The predicted molar refractivity (Wildman–Crippen MR) is 90.7 cm³/mol. The van der Waals surface area contributed by atoms with Crippen LogP contribution < -0.4 is 10.6 Å². The smallest absolute Gasteiger partial charge is 0.292 e. The van der Waals surface area contributed by atoms with Crippen molar-refractivity contribution in [2.45, 2.75) is 20.3 Å². The van der Waals surface area contributed by atoms with Crippen LogP contribution in [0.25, 0.3) is 0 Å². The Morgan fingerprint density at radius 1 is 1.13 bits per heavy atom. The molecule has 120 valence electrons. The largest absolute Gasteiger partial charge is 0.379 e. The summed E-state index contributed by atoms with van der Waals surface area (Å²) in [5.41, 5.74) is 3.45. The first-order valence-corrected chi connectivity index (χ1v) is 7.32. The van der Waals surface area contributed by atoms with Gasteiger partial charge in [0, 0.05) is 24.7 Å². The summed E-state index contributed by atoms with van der Waals surface area (Å²) in [5.74, 6) is -0.140. The summed E-state index contributed by atoms with van der Waals surface area (Å²) in [4.78, 5) is 22.4. The number of carbonyl (C=O) groups is 1. The Morgan fingerprint density at radius 3 is 2.57 bits per heavy atom. The molecule has 0 aromatic heterocycles. The van der Waals surface area contributed by atoms with Gasteiger partial charge in [0.1, 0.15) is 5.69 Å². The van der Waals surface area contributed by atoms with Crippen molar-refractivity contribution in [3.05, 3.63) is 63.7 Å². The second-order valence-electron chi connectivity index (χ2n) is 5.30. The summed E-state index contributed by atoms with van der Waals surface area (Å²) in [6.07, 6.45) is 0.221. The zero-order valence-electron chi connectivity index (χ0n) is 13.1.